The summed E-state index contributed by atoms with van der Waals surface area (Å²) in [4.78, 5) is 6.80. The van der Waals surface area contributed by atoms with Crippen LogP contribution in [0, 0.1) is 0 Å². The Morgan fingerprint density at radius 2 is 2.00 bits per heavy atom. The van der Waals surface area contributed by atoms with Gasteiger partial charge < -0.3 is 10.2 Å². The summed E-state index contributed by atoms with van der Waals surface area (Å²) in [5, 5.41) is 3.32. The Morgan fingerprint density at radius 3 is 2.53 bits per heavy atom. The van der Waals surface area contributed by atoms with Gasteiger partial charge in [-0.05, 0) is 33.9 Å². The Labute approximate surface area is 105 Å². The van der Waals surface area contributed by atoms with Crippen LogP contribution in [-0.2, 0) is 0 Å². The number of nitrogens with two attached hydrogens (primary N) is 1. The fourth-order valence-electron chi connectivity index (χ4n) is 2.34. The molecule has 0 saturated heterocycles. The van der Waals surface area contributed by atoms with Crippen molar-refractivity contribution in [2.24, 2.45) is 10.8 Å². The lowest BCUT2D eigenvalue weighted by Crippen LogP contribution is -2.48. The molecule has 0 radical (unpaired) electrons. The van der Waals surface area contributed by atoms with Crippen molar-refractivity contribution in [1.82, 2.24) is 15.6 Å². The van der Waals surface area contributed by atoms with E-state index in [-0.39, 0.29) is 0 Å². The quantitative estimate of drug-likeness (QED) is 0.293. The number of rotatable bonds is 4. The summed E-state index contributed by atoms with van der Waals surface area (Å²) in [5.74, 6) is 6.24. The van der Waals surface area contributed by atoms with Crippen molar-refractivity contribution in [3.63, 3.8) is 0 Å². The van der Waals surface area contributed by atoms with Gasteiger partial charge in [0.1, 0.15) is 0 Å². The second-order valence-corrected chi connectivity index (χ2v) is 5.22. The summed E-state index contributed by atoms with van der Waals surface area (Å²) in [6.07, 6.45) is 6.31. The molecule has 0 aliphatic heterocycles. The largest absolute Gasteiger partial charge is 0.352 e. The standard InChI is InChI=1S/C12H27N5/c1-10(9-17(2)3)14-12(16-13)15-11-7-5-4-6-8-11/h10-11H,4-9,13H2,1-3H3,(H2,14,15,16). The lowest BCUT2D eigenvalue weighted by molar-refractivity contribution is 0.367. The van der Waals surface area contributed by atoms with Gasteiger partial charge in [-0.2, -0.15) is 0 Å². The molecule has 1 rings (SSSR count). The van der Waals surface area contributed by atoms with Gasteiger partial charge in [0.15, 0.2) is 0 Å². The third kappa shape index (κ3) is 5.89. The normalized spacial score (nSPS) is 20.4. The van der Waals surface area contributed by atoms with E-state index in [2.05, 4.69) is 41.7 Å². The molecular weight excluding hydrogens is 214 g/mol. The SMILES string of the molecule is CC(CN(C)C)NC(=NC1CCCCC1)NN. The van der Waals surface area contributed by atoms with Gasteiger partial charge in [0, 0.05) is 12.6 Å². The van der Waals surface area contributed by atoms with E-state index in [9.17, 15) is 0 Å². The monoisotopic (exact) mass is 241 g/mol. The van der Waals surface area contributed by atoms with Crippen molar-refractivity contribution in [2.45, 2.75) is 51.1 Å². The highest BCUT2D eigenvalue weighted by Crippen LogP contribution is 2.19. The number of guanidine groups is 1. The zero-order chi connectivity index (χ0) is 12.7. The number of hydrogen-bond donors (Lipinski definition) is 3. The fraction of sp³-hybridized carbons (Fsp3) is 0.917. The molecule has 5 nitrogen and oxygen atoms in total. The number of aliphatic imine (C=N–C) groups is 1. The zero-order valence-electron chi connectivity index (χ0n) is 11.4. The maximum Gasteiger partial charge on any atom is 0.206 e. The molecule has 0 bridgehead atoms. The van der Waals surface area contributed by atoms with Crippen LogP contribution in [0.5, 0.6) is 0 Å². The molecule has 0 spiro atoms. The summed E-state index contributed by atoms with van der Waals surface area (Å²) in [7, 11) is 4.12. The molecule has 5 heteroatoms. The summed E-state index contributed by atoms with van der Waals surface area (Å²) in [5.41, 5.74) is 2.67. The van der Waals surface area contributed by atoms with Crippen LogP contribution in [-0.4, -0.2) is 43.6 Å². The van der Waals surface area contributed by atoms with Crippen LogP contribution < -0.4 is 16.6 Å². The van der Waals surface area contributed by atoms with Gasteiger partial charge in [-0.3, -0.25) is 5.43 Å². The van der Waals surface area contributed by atoms with Crippen molar-refractivity contribution in [3.05, 3.63) is 0 Å². The van der Waals surface area contributed by atoms with Gasteiger partial charge in [0.05, 0.1) is 6.04 Å². The van der Waals surface area contributed by atoms with Crippen LogP contribution in [0.1, 0.15) is 39.0 Å². The van der Waals surface area contributed by atoms with Crippen molar-refractivity contribution in [2.75, 3.05) is 20.6 Å². The number of nitrogens with zero attached hydrogens (tertiary/aromatic N) is 2. The van der Waals surface area contributed by atoms with Crippen LogP contribution in [0.3, 0.4) is 0 Å². The highest BCUT2D eigenvalue weighted by molar-refractivity contribution is 5.79. The van der Waals surface area contributed by atoms with Crippen LogP contribution in [0.4, 0.5) is 0 Å². The van der Waals surface area contributed by atoms with E-state index in [0.29, 0.717) is 12.1 Å². The molecule has 1 unspecified atom stereocenters. The zero-order valence-corrected chi connectivity index (χ0v) is 11.4. The molecular formula is C12H27N5. The van der Waals surface area contributed by atoms with Crippen molar-refractivity contribution in [1.29, 1.82) is 0 Å². The first-order valence-corrected chi connectivity index (χ1v) is 6.57. The predicted octanol–water partition coefficient (Wildman–Crippen LogP) is 0.678. The Bertz CT molecular complexity index is 233. The van der Waals surface area contributed by atoms with Gasteiger partial charge in [0.25, 0.3) is 0 Å². The maximum atomic E-state index is 5.51. The second-order valence-electron chi connectivity index (χ2n) is 5.22. The average Bonchev–Trinajstić information content (AvgIpc) is 2.28. The topological polar surface area (TPSA) is 65.7 Å². The third-order valence-electron chi connectivity index (χ3n) is 3.05. The smallest absolute Gasteiger partial charge is 0.206 e. The molecule has 0 heterocycles. The van der Waals surface area contributed by atoms with E-state index in [4.69, 9.17) is 5.84 Å². The van der Waals surface area contributed by atoms with E-state index in [1.54, 1.807) is 0 Å². The minimum absolute atomic E-state index is 0.336. The van der Waals surface area contributed by atoms with E-state index >= 15 is 0 Å². The predicted molar refractivity (Wildman–Crippen MR) is 72.8 cm³/mol. The van der Waals surface area contributed by atoms with Crippen LogP contribution >= 0.6 is 0 Å². The molecule has 0 aromatic carbocycles. The molecule has 1 aliphatic carbocycles. The molecule has 1 saturated carbocycles. The van der Waals surface area contributed by atoms with E-state index < -0.39 is 0 Å². The van der Waals surface area contributed by atoms with Crippen LogP contribution in [0.25, 0.3) is 0 Å². The third-order valence-corrected chi connectivity index (χ3v) is 3.05. The maximum absolute atomic E-state index is 5.51. The van der Waals surface area contributed by atoms with E-state index in [1.165, 1.54) is 32.1 Å². The number of likely N-dealkylation sites (N-methyl/N-ethyl adjacent to an activating group) is 1. The first kappa shape index (κ1) is 14.3. The highest BCUT2D eigenvalue weighted by atomic mass is 15.3. The van der Waals surface area contributed by atoms with Crippen LogP contribution in [0.15, 0.2) is 4.99 Å². The Kier molecular flexibility index (Phi) is 6.29. The first-order valence-electron chi connectivity index (χ1n) is 6.57. The Morgan fingerprint density at radius 1 is 1.35 bits per heavy atom. The molecule has 0 amide bonds. The number of hydrogen-bond acceptors (Lipinski definition) is 3. The minimum atomic E-state index is 0.336. The Balaban J connectivity index is 2.42. The minimum Gasteiger partial charge on any atom is -0.352 e. The summed E-state index contributed by atoms with van der Waals surface area (Å²) in [6.45, 7) is 3.10. The van der Waals surface area contributed by atoms with Crippen molar-refractivity contribution >= 4 is 5.96 Å². The lowest BCUT2D eigenvalue weighted by Gasteiger charge is -2.23. The molecule has 1 fully saturated rings. The Hall–Kier alpha value is -0.810. The molecule has 1 aliphatic rings. The summed E-state index contributed by atoms with van der Waals surface area (Å²) < 4.78 is 0. The van der Waals surface area contributed by atoms with Gasteiger partial charge >= 0.3 is 0 Å². The van der Waals surface area contributed by atoms with Gasteiger partial charge in [0.2, 0.25) is 5.96 Å². The molecule has 17 heavy (non-hydrogen) atoms. The highest BCUT2D eigenvalue weighted by Gasteiger charge is 2.13. The van der Waals surface area contributed by atoms with Crippen molar-refractivity contribution < 1.29 is 0 Å². The fourth-order valence-corrected chi connectivity index (χ4v) is 2.34. The number of nitrogens with one attached hydrogen (secondary N) is 2. The molecule has 4 N–H and O–H groups in total. The number of hydrazine groups is 1. The first-order chi connectivity index (χ1) is 8.11. The van der Waals surface area contributed by atoms with Gasteiger partial charge in [-0.25, -0.2) is 10.8 Å². The van der Waals surface area contributed by atoms with Gasteiger partial charge in [-0.15, -0.1) is 0 Å². The molecule has 0 aromatic rings. The molecule has 0 aromatic heterocycles. The summed E-state index contributed by atoms with van der Waals surface area (Å²) in [6, 6.07) is 0.775. The lowest BCUT2D eigenvalue weighted by atomic mass is 9.96. The van der Waals surface area contributed by atoms with E-state index in [0.717, 1.165) is 12.5 Å². The van der Waals surface area contributed by atoms with E-state index in [1.807, 2.05) is 0 Å². The molecule has 1 atom stereocenters. The average molecular weight is 241 g/mol. The molecule has 100 valence electrons. The van der Waals surface area contributed by atoms with Gasteiger partial charge in [-0.1, -0.05) is 19.3 Å². The van der Waals surface area contributed by atoms with Crippen LogP contribution in [0.2, 0.25) is 0 Å². The van der Waals surface area contributed by atoms with Crippen molar-refractivity contribution in [3.8, 4) is 0 Å². The second kappa shape index (κ2) is 7.50. The summed E-state index contributed by atoms with van der Waals surface area (Å²) >= 11 is 0.